The minimum Gasteiger partial charge on any atom is -0.465 e. The molecule has 2 aliphatic rings. The number of hydrogen-bond donors (Lipinski definition) is 2. The summed E-state index contributed by atoms with van der Waals surface area (Å²) in [5.74, 6) is -1.12. The maximum atomic E-state index is 14.8. The maximum absolute atomic E-state index is 14.8. The number of nitrogens with one attached hydrogen (secondary N) is 1. The van der Waals surface area contributed by atoms with Gasteiger partial charge >= 0.3 is 12.2 Å². The van der Waals surface area contributed by atoms with E-state index in [2.05, 4.69) is 5.32 Å². The maximum Gasteiger partial charge on any atom is 0.407 e. The van der Waals surface area contributed by atoms with E-state index >= 15 is 0 Å². The quantitative estimate of drug-likeness (QED) is 0.708. The number of carbonyl (C=O) groups is 2. The Morgan fingerprint density at radius 2 is 1.75 bits per heavy atom. The molecule has 2 unspecified atom stereocenters. The molecule has 0 saturated carbocycles. The Hall–Kier alpha value is -3.36. The molecule has 2 N–H and O–H groups in total. The summed E-state index contributed by atoms with van der Waals surface area (Å²) in [6.45, 7) is 0.910. The number of carboxylic acid groups (broad SMARTS) is 1. The van der Waals surface area contributed by atoms with Crippen molar-refractivity contribution in [2.24, 2.45) is 0 Å². The molecule has 2 heterocycles. The molecule has 2 saturated heterocycles. The smallest absolute Gasteiger partial charge is 0.407 e. The largest absolute Gasteiger partial charge is 0.465 e. The number of ether oxygens (including phenoxy) is 1. The molecule has 0 spiro atoms. The summed E-state index contributed by atoms with van der Waals surface area (Å²) in [5.41, 5.74) is 1.15. The molecular weight excluding hydrogens is 420 g/mol. The fourth-order valence-corrected chi connectivity index (χ4v) is 4.50. The summed E-state index contributed by atoms with van der Waals surface area (Å²) < 4.78 is 34.5. The van der Waals surface area contributed by atoms with E-state index in [1.165, 1.54) is 4.90 Å². The van der Waals surface area contributed by atoms with Crippen LogP contribution < -0.4 is 10.2 Å². The number of carbonyl (C=O) groups excluding carboxylic acids is 1. The predicted octanol–water partition coefficient (Wildman–Crippen LogP) is 3.76. The second-order valence-electron chi connectivity index (χ2n) is 8.11. The van der Waals surface area contributed by atoms with Crippen LogP contribution >= 0.6 is 0 Å². The number of alkyl carbamates (subject to hydrolysis) is 1. The zero-order chi connectivity index (χ0) is 22.7. The third-order valence-corrected chi connectivity index (χ3v) is 6.04. The Labute approximate surface area is 184 Å². The Morgan fingerprint density at radius 3 is 2.41 bits per heavy atom. The van der Waals surface area contributed by atoms with Gasteiger partial charge in [-0.3, -0.25) is 4.90 Å². The highest BCUT2D eigenvalue weighted by molar-refractivity contribution is 5.68. The van der Waals surface area contributed by atoms with E-state index in [-0.39, 0.29) is 42.9 Å². The van der Waals surface area contributed by atoms with Crippen molar-refractivity contribution in [1.29, 1.82) is 0 Å². The molecular formula is C23H25F2N3O4. The van der Waals surface area contributed by atoms with E-state index in [4.69, 9.17) is 4.74 Å². The molecule has 2 aliphatic heterocycles. The molecule has 2 fully saturated rings. The van der Waals surface area contributed by atoms with Crippen LogP contribution in [0.2, 0.25) is 0 Å². The zero-order valence-electron chi connectivity index (χ0n) is 17.5. The first-order chi connectivity index (χ1) is 15.4. The molecule has 0 aliphatic carbocycles. The SMILES string of the molecule is O=C(NCCc1cc(F)c(N2CC3CCC(C2)N3C(=O)O)cc1F)OCc1ccccc1. The summed E-state index contributed by atoms with van der Waals surface area (Å²) in [7, 11) is 0. The molecule has 0 radical (unpaired) electrons. The van der Waals surface area contributed by atoms with Gasteiger partial charge in [-0.2, -0.15) is 0 Å². The summed E-state index contributed by atoms with van der Waals surface area (Å²) in [4.78, 5) is 26.4. The van der Waals surface area contributed by atoms with Crippen LogP contribution in [0.1, 0.15) is 24.0 Å². The predicted molar refractivity (Wildman–Crippen MR) is 114 cm³/mol. The Morgan fingerprint density at radius 1 is 1.06 bits per heavy atom. The highest BCUT2D eigenvalue weighted by Crippen LogP contribution is 2.34. The zero-order valence-corrected chi connectivity index (χ0v) is 17.5. The van der Waals surface area contributed by atoms with Crippen LogP contribution in [0.5, 0.6) is 0 Å². The molecule has 9 heteroatoms. The van der Waals surface area contributed by atoms with E-state index in [0.29, 0.717) is 13.1 Å². The minimum atomic E-state index is -0.964. The molecule has 2 aromatic rings. The lowest BCUT2D eigenvalue weighted by Gasteiger charge is -2.40. The Kier molecular flexibility index (Phi) is 6.43. The Bertz CT molecular complexity index is 975. The molecule has 4 rings (SSSR count). The number of hydrogen-bond acceptors (Lipinski definition) is 4. The van der Waals surface area contributed by atoms with Crippen molar-refractivity contribution in [3.63, 3.8) is 0 Å². The first kappa shape index (κ1) is 21.9. The van der Waals surface area contributed by atoms with Crippen LogP contribution in [0.15, 0.2) is 42.5 Å². The number of nitrogens with zero attached hydrogens (tertiary/aromatic N) is 2. The number of amides is 2. The molecule has 2 aromatic carbocycles. The average molecular weight is 445 g/mol. The van der Waals surface area contributed by atoms with Crippen molar-refractivity contribution >= 4 is 17.9 Å². The molecule has 2 amide bonds. The van der Waals surface area contributed by atoms with Crippen LogP contribution in [-0.2, 0) is 17.8 Å². The number of anilines is 1. The van der Waals surface area contributed by atoms with Gasteiger partial charge in [0.1, 0.15) is 18.2 Å². The fraction of sp³-hybridized carbons (Fsp3) is 0.391. The van der Waals surface area contributed by atoms with Gasteiger partial charge < -0.3 is 20.1 Å². The van der Waals surface area contributed by atoms with Gasteiger partial charge in [0, 0.05) is 25.7 Å². The van der Waals surface area contributed by atoms with Crippen molar-refractivity contribution in [3.05, 3.63) is 65.2 Å². The highest BCUT2D eigenvalue weighted by Gasteiger charge is 2.43. The van der Waals surface area contributed by atoms with E-state index in [1.807, 2.05) is 30.3 Å². The van der Waals surface area contributed by atoms with Crippen LogP contribution in [0.3, 0.4) is 0 Å². The van der Waals surface area contributed by atoms with E-state index in [0.717, 1.165) is 30.5 Å². The van der Waals surface area contributed by atoms with Crippen LogP contribution in [0, 0.1) is 11.6 Å². The van der Waals surface area contributed by atoms with Gasteiger partial charge in [-0.05, 0) is 36.5 Å². The van der Waals surface area contributed by atoms with Crippen molar-refractivity contribution in [2.75, 3.05) is 24.5 Å². The molecule has 0 aromatic heterocycles. The summed E-state index contributed by atoms with van der Waals surface area (Å²) in [6, 6.07) is 11.1. The van der Waals surface area contributed by atoms with Crippen molar-refractivity contribution in [3.8, 4) is 0 Å². The third-order valence-electron chi connectivity index (χ3n) is 6.04. The lowest BCUT2D eigenvalue weighted by atomic mass is 10.1. The van der Waals surface area contributed by atoms with Crippen molar-refractivity contribution in [2.45, 2.75) is 38.0 Å². The topological polar surface area (TPSA) is 82.1 Å². The fourth-order valence-electron chi connectivity index (χ4n) is 4.50. The van der Waals surface area contributed by atoms with Gasteiger partial charge in [0.25, 0.3) is 0 Å². The number of fused-ring (bicyclic) bond motifs is 2. The third kappa shape index (κ3) is 4.76. The molecule has 32 heavy (non-hydrogen) atoms. The number of benzene rings is 2. The van der Waals surface area contributed by atoms with Gasteiger partial charge in [-0.25, -0.2) is 18.4 Å². The molecule has 7 nitrogen and oxygen atoms in total. The monoisotopic (exact) mass is 445 g/mol. The van der Waals surface area contributed by atoms with Crippen molar-refractivity contribution < 1.29 is 28.2 Å². The summed E-state index contributed by atoms with van der Waals surface area (Å²) in [5, 5.41) is 11.9. The molecule has 2 atom stereocenters. The lowest BCUT2D eigenvalue weighted by molar-refractivity contribution is 0.114. The normalized spacial score (nSPS) is 19.7. The van der Waals surface area contributed by atoms with E-state index in [9.17, 15) is 23.5 Å². The van der Waals surface area contributed by atoms with Gasteiger partial charge in [0.2, 0.25) is 0 Å². The average Bonchev–Trinajstić information content (AvgIpc) is 3.05. The number of halogens is 2. The van der Waals surface area contributed by atoms with Gasteiger partial charge in [0.15, 0.2) is 0 Å². The van der Waals surface area contributed by atoms with E-state index in [1.54, 1.807) is 4.90 Å². The number of piperazine rings is 1. The van der Waals surface area contributed by atoms with Crippen LogP contribution in [0.4, 0.5) is 24.1 Å². The van der Waals surface area contributed by atoms with Crippen molar-refractivity contribution in [1.82, 2.24) is 10.2 Å². The lowest BCUT2D eigenvalue weighted by Crippen LogP contribution is -2.55. The highest BCUT2D eigenvalue weighted by atomic mass is 19.1. The van der Waals surface area contributed by atoms with Gasteiger partial charge in [0.05, 0.1) is 17.8 Å². The first-order valence-corrected chi connectivity index (χ1v) is 10.6. The van der Waals surface area contributed by atoms with Crippen LogP contribution in [0.25, 0.3) is 0 Å². The van der Waals surface area contributed by atoms with Crippen LogP contribution in [-0.4, -0.2) is 53.9 Å². The minimum absolute atomic E-state index is 0.102. The molecule has 2 bridgehead atoms. The van der Waals surface area contributed by atoms with Gasteiger partial charge in [-0.1, -0.05) is 30.3 Å². The molecule has 170 valence electrons. The first-order valence-electron chi connectivity index (χ1n) is 10.6. The second-order valence-corrected chi connectivity index (χ2v) is 8.11. The van der Waals surface area contributed by atoms with Gasteiger partial charge in [-0.15, -0.1) is 0 Å². The second kappa shape index (κ2) is 9.42. The standard InChI is InChI=1S/C23H25F2N3O4/c24-19-11-21(27-12-17-6-7-18(13-27)28(17)23(30)31)20(25)10-16(19)8-9-26-22(29)32-14-15-4-2-1-3-5-15/h1-5,10-11,17-18H,6-9,12-14H2,(H,26,29)(H,30,31). The Balaban J connectivity index is 1.31. The number of rotatable bonds is 6. The summed E-state index contributed by atoms with van der Waals surface area (Å²) in [6.07, 6.45) is -0.0303. The van der Waals surface area contributed by atoms with E-state index < -0.39 is 23.8 Å². The summed E-state index contributed by atoms with van der Waals surface area (Å²) >= 11 is 0.